The van der Waals surface area contributed by atoms with Gasteiger partial charge >= 0.3 is 0 Å². The second kappa shape index (κ2) is 7.36. The van der Waals surface area contributed by atoms with Crippen molar-refractivity contribution in [3.05, 3.63) is 30.1 Å². The van der Waals surface area contributed by atoms with Gasteiger partial charge in [-0.25, -0.2) is 0 Å². The minimum atomic E-state index is -0.0962. The molecule has 0 spiro atoms. The maximum atomic E-state index is 11.4. The highest BCUT2D eigenvalue weighted by atomic mass is 16.1. The highest BCUT2D eigenvalue weighted by molar-refractivity contribution is 5.78. The summed E-state index contributed by atoms with van der Waals surface area (Å²) in [5.74, 6) is -0.0962. The average Bonchev–Trinajstić information content (AvgIpc) is 2.37. The van der Waals surface area contributed by atoms with Crippen molar-refractivity contribution in [1.82, 2.24) is 15.6 Å². The van der Waals surface area contributed by atoms with Gasteiger partial charge in [0.05, 0.1) is 19.0 Å². The highest BCUT2D eigenvalue weighted by Crippen LogP contribution is 2.09. The van der Waals surface area contributed by atoms with Gasteiger partial charge in [-0.1, -0.05) is 0 Å². The van der Waals surface area contributed by atoms with Gasteiger partial charge in [0.1, 0.15) is 0 Å². The van der Waals surface area contributed by atoms with Gasteiger partial charge in [0, 0.05) is 25.0 Å². The molecular weight excluding hydrogens is 216 g/mol. The van der Waals surface area contributed by atoms with Crippen LogP contribution in [0.4, 0.5) is 0 Å². The lowest BCUT2D eigenvalue weighted by Crippen LogP contribution is -2.35. The Morgan fingerprint density at radius 1 is 1.53 bits per heavy atom. The van der Waals surface area contributed by atoms with Crippen molar-refractivity contribution in [3.63, 3.8) is 0 Å². The van der Waals surface area contributed by atoms with Gasteiger partial charge in [-0.15, -0.1) is 0 Å². The number of nitrogens with zero attached hydrogens (tertiary/aromatic N) is 2. The largest absolute Gasteiger partial charge is 0.354 e. The zero-order valence-electron chi connectivity index (χ0n) is 9.81. The Bertz CT molecular complexity index is 385. The smallest absolute Gasteiger partial charge is 0.234 e. The fraction of sp³-hybridized carbons (Fsp3) is 0.417. The van der Waals surface area contributed by atoms with E-state index in [-0.39, 0.29) is 18.5 Å². The molecule has 0 aliphatic rings. The van der Waals surface area contributed by atoms with E-state index in [4.69, 9.17) is 5.26 Å². The molecule has 1 atom stereocenters. The summed E-state index contributed by atoms with van der Waals surface area (Å²) in [5.41, 5.74) is 1.09. The summed E-state index contributed by atoms with van der Waals surface area (Å²) >= 11 is 0. The molecule has 2 N–H and O–H groups in total. The third kappa shape index (κ3) is 5.09. The van der Waals surface area contributed by atoms with E-state index < -0.39 is 0 Å². The lowest BCUT2D eigenvalue weighted by atomic mass is 10.1. The number of carbonyl (C=O) groups excluding carboxylic acids is 1. The van der Waals surface area contributed by atoms with Gasteiger partial charge in [-0.3, -0.25) is 9.78 Å². The maximum absolute atomic E-state index is 11.4. The number of pyridine rings is 1. The van der Waals surface area contributed by atoms with Crippen LogP contribution in [-0.2, 0) is 4.79 Å². The van der Waals surface area contributed by atoms with E-state index in [1.807, 2.05) is 25.1 Å². The van der Waals surface area contributed by atoms with Crippen molar-refractivity contribution in [3.8, 4) is 6.07 Å². The molecule has 0 aliphatic carbocycles. The second-order valence-electron chi connectivity index (χ2n) is 3.64. The summed E-state index contributed by atoms with van der Waals surface area (Å²) in [6.45, 7) is 2.63. The predicted octanol–water partition coefficient (Wildman–Crippen LogP) is 0.762. The normalized spacial score (nSPS) is 11.5. The van der Waals surface area contributed by atoms with Crippen molar-refractivity contribution in [1.29, 1.82) is 5.26 Å². The van der Waals surface area contributed by atoms with Crippen LogP contribution in [0.3, 0.4) is 0 Å². The molecule has 0 aliphatic heterocycles. The van der Waals surface area contributed by atoms with Gasteiger partial charge in [0.25, 0.3) is 0 Å². The Morgan fingerprint density at radius 2 is 2.24 bits per heavy atom. The Labute approximate surface area is 101 Å². The van der Waals surface area contributed by atoms with Crippen molar-refractivity contribution >= 4 is 5.91 Å². The monoisotopic (exact) mass is 232 g/mol. The minimum Gasteiger partial charge on any atom is -0.354 e. The van der Waals surface area contributed by atoms with Crippen LogP contribution < -0.4 is 10.6 Å². The van der Waals surface area contributed by atoms with Gasteiger partial charge in [0.2, 0.25) is 5.91 Å². The zero-order valence-corrected chi connectivity index (χ0v) is 9.81. The standard InChI is InChI=1S/C12H16N4O/c1-10(11-3-7-14-8-4-11)16-9-12(17)15-6-2-5-13/h3-4,7-8,10,16H,2,6,9H2,1H3,(H,15,17)/t10-/m1/s1. The van der Waals surface area contributed by atoms with Crippen LogP contribution in [-0.4, -0.2) is 24.0 Å². The van der Waals surface area contributed by atoms with E-state index >= 15 is 0 Å². The molecule has 1 aromatic rings. The summed E-state index contributed by atoms with van der Waals surface area (Å²) in [6.07, 6.45) is 3.78. The van der Waals surface area contributed by atoms with Crippen LogP contribution >= 0.6 is 0 Å². The lowest BCUT2D eigenvalue weighted by molar-refractivity contribution is -0.120. The lowest BCUT2D eigenvalue weighted by Gasteiger charge is -2.13. The molecule has 0 fully saturated rings. The first kappa shape index (κ1) is 13.1. The van der Waals surface area contributed by atoms with E-state index in [1.54, 1.807) is 12.4 Å². The van der Waals surface area contributed by atoms with Crippen molar-refractivity contribution < 1.29 is 4.79 Å². The van der Waals surface area contributed by atoms with Crippen LogP contribution in [0.2, 0.25) is 0 Å². The fourth-order valence-corrected chi connectivity index (χ4v) is 1.34. The van der Waals surface area contributed by atoms with Gasteiger partial charge < -0.3 is 10.6 Å². The van der Waals surface area contributed by atoms with Crippen molar-refractivity contribution in [2.24, 2.45) is 0 Å². The molecular formula is C12H16N4O. The Hall–Kier alpha value is -1.93. The Balaban J connectivity index is 2.27. The van der Waals surface area contributed by atoms with Crippen LogP contribution in [0.15, 0.2) is 24.5 Å². The number of hydrogen-bond acceptors (Lipinski definition) is 4. The van der Waals surface area contributed by atoms with Crippen LogP contribution in [0.1, 0.15) is 24.9 Å². The molecule has 0 saturated carbocycles. The number of amides is 1. The molecule has 1 aromatic heterocycles. The first-order valence-electron chi connectivity index (χ1n) is 5.51. The minimum absolute atomic E-state index is 0.0962. The van der Waals surface area contributed by atoms with Gasteiger partial charge in [-0.05, 0) is 24.6 Å². The third-order valence-electron chi connectivity index (χ3n) is 2.33. The first-order valence-corrected chi connectivity index (χ1v) is 5.51. The van der Waals surface area contributed by atoms with E-state index in [0.29, 0.717) is 13.0 Å². The summed E-state index contributed by atoms with van der Waals surface area (Å²) in [5, 5.41) is 14.1. The molecule has 5 heteroatoms. The Morgan fingerprint density at radius 3 is 2.88 bits per heavy atom. The maximum Gasteiger partial charge on any atom is 0.234 e. The highest BCUT2D eigenvalue weighted by Gasteiger charge is 2.06. The fourth-order valence-electron chi connectivity index (χ4n) is 1.34. The Kier molecular flexibility index (Phi) is 5.69. The second-order valence-corrected chi connectivity index (χ2v) is 3.64. The molecule has 17 heavy (non-hydrogen) atoms. The quantitative estimate of drug-likeness (QED) is 0.710. The van der Waals surface area contributed by atoms with E-state index in [1.165, 1.54) is 0 Å². The summed E-state index contributed by atoms with van der Waals surface area (Å²) in [7, 11) is 0. The molecule has 0 bridgehead atoms. The average molecular weight is 232 g/mol. The topological polar surface area (TPSA) is 77.8 Å². The molecule has 0 aromatic carbocycles. The summed E-state index contributed by atoms with van der Waals surface area (Å²) in [6, 6.07) is 5.88. The molecule has 0 radical (unpaired) electrons. The number of carbonyl (C=O) groups is 1. The first-order chi connectivity index (χ1) is 8.24. The molecule has 5 nitrogen and oxygen atoms in total. The van der Waals surface area contributed by atoms with E-state index in [2.05, 4.69) is 15.6 Å². The molecule has 1 amide bonds. The van der Waals surface area contributed by atoms with Crippen LogP contribution in [0, 0.1) is 11.3 Å². The molecule has 1 rings (SSSR count). The number of aromatic nitrogens is 1. The molecule has 90 valence electrons. The van der Waals surface area contributed by atoms with E-state index in [9.17, 15) is 4.79 Å². The summed E-state index contributed by atoms with van der Waals surface area (Å²) < 4.78 is 0. The molecule has 0 unspecified atom stereocenters. The van der Waals surface area contributed by atoms with Crippen molar-refractivity contribution in [2.75, 3.05) is 13.1 Å². The van der Waals surface area contributed by atoms with Crippen molar-refractivity contribution in [2.45, 2.75) is 19.4 Å². The number of nitrogens with one attached hydrogen (secondary N) is 2. The molecule has 1 heterocycles. The van der Waals surface area contributed by atoms with Gasteiger partial charge in [0.15, 0.2) is 0 Å². The SMILES string of the molecule is C[C@@H](NCC(=O)NCCC#N)c1ccncc1. The van der Waals surface area contributed by atoms with Gasteiger partial charge in [-0.2, -0.15) is 5.26 Å². The number of rotatable bonds is 6. The van der Waals surface area contributed by atoms with Crippen LogP contribution in [0.5, 0.6) is 0 Å². The van der Waals surface area contributed by atoms with E-state index in [0.717, 1.165) is 5.56 Å². The third-order valence-corrected chi connectivity index (χ3v) is 2.33. The predicted molar refractivity (Wildman–Crippen MR) is 63.9 cm³/mol. The van der Waals surface area contributed by atoms with Crippen LogP contribution in [0.25, 0.3) is 0 Å². The number of nitriles is 1. The zero-order chi connectivity index (χ0) is 12.5. The summed E-state index contributed by atoms with van der Waals surface area (Å²) in [4.78, 5) is 15.3. The number of hydrogen-bond donors (Lipinski definition) is 2. The molecule has 0 saturated heterocycles.